The Bertz CT molecular complexity index is 1370. The first-order chi connectivity index (χ1) is 14.3. The Kier molecular flexibility index (Phi) is 3.41. The van der Waals surface area contributed by atoms with Crippen LogP contribution in [-0.4, -0.2) is 26.1 Å². The number of fused-ring (bicyclic) bond motifs is 3. The number of para-hydroxylation sites is 2. The van der Waals surface area contributed by atoms with Gasteiger partial charge < -0.3 is 19.0 Å². The normalized spacial score (nSPS) is 15.8. The van der Waals surface area contributed by atoms with Crippen LogP contribution < -0.4 is 9.47 Å². The van der Waals surface area contributed by atoms with E-state index in [1.165, 1.54) is 0 Å². The Balaban J connectivity index is 1.43. The highest BCUT2D eigenvalue weighted by Gasteiger charge is 2.26. The minimum absolute atomic E-state index is 0.247. The molecule has 6 heteroatoms. The minimum atomic E-state index is -0.247. The van der Waals surface area contributed by atoms with Crippen molar-refractivity contribution in [3.8, 4) is 22.6 Å². The number of pyridine rings is 1. The van der Waals surface area contributed by atoms with Crippen molar-refractivity contribution < 1.29 is 9.47 Å². The molecule has 5 aromatic rings. The molecule has 0 spiro atoms. The lowest BCUT2D eigenvalue weighted by atomic mass is 10.0. The predicted molar refractivity (Wildman–Crippen MR) is 111 cm³/mol. The lowest BCUT2D eigenvalue weighted by molar-refractivity contribution is 0.0835. The van der Waals surface area contributed by atoms with Gasteiger partial charge in [-0.15, -0.1) is 0 Å². The second kappa shape index (κ2) is 6.10. The number of hydrogen-bond donors (Lipinski definition) is 1. The average Bonchev–Trinajstić information content (AvgIpc) is 3.38. The molecule has 4 heterocycles. The van der Waals surface area contributed by atoms with Crippen LogP contribution in [0.2, 0.25) is 0 Å². The number of rotatable bonds is 2. The van der Waals surface area contributed by atoms with Gasteiger partial charge in [0.2, 0.25) is 0 Å². The number of nitrogens with one attached hydrogen (secondary N) is 1. The zero-order valence-corrected chi connectivity index (χ0v) is 15.8. The molecule has 6 nitrogen and oxygen atoms in total. The molecule has 0 saturated carbocycles. The first-order valence-electron chi connectivity index (χ1n) is 9.55. The summed E-state index contributed by atoms with van der Waals surface area (Å²) >= 11 is 0. The van der Waals surface area contributed by atoms with Crippen LogP contribution in [0.1, 0.15) is 11.9 Å². The van der Waals surface area contributed by atoms with Gasteiger partial charge in [-0.05, 0) is 47.5 Å². The largest absolute Gasteiger partial charge is 0.485 e. The van der Waals surface area contributed by atoms with E-state index >= 15 is 0 Å². The van der Waals surface area contributed by atoms with E-state index in [0.717, 1.165) is 50.5 Å². The number of nitrogens with zero attached hydrogens (tertiary/aromatic N) is 3. The van der Waals surface area contributed by atoms with Crippen molar-refractivity contribution in [2.24, 2.45) is 7.05 Å². The Morgan fingerprint density at radius 3 is 2.90 bits per heavy atom. The van der Waals surface area contributed by atoms with Gasteiger partial charge in [-0.2, -0.15) is 0 Å². The SMILES string of the molecule is Cn1c([C@@H]2COc3ccccc3O2)nc2ccc(-c3ccnc4[nH]ccc34)cc21. The van der Waals surface area contributed by atoms with Crippen LogP contribution in [0.15, 0.2) is 67.0 Å². The van der Waals surface area contributed by atoms with Crippen LogP contribution in [0.5, 0.6) is 11.5 Å². The summed E-state index contributed by atoms with van der Waals surface area (Å²) in [4.78, 5) is 12.4. The number of aromatic amines is 1. The first kappa shape index (κ1) is 16.2. The zero-order chi connectivity index (χ0) is 19.4. The molecule has 0 amide bonds. The highest BCUT2D eigenvalue weighted by Crippen LogP contribution is 2.37. The third-order valence-corrected chi connectivity index (χ3v) is 5.48. The molecule has 1 aliphatic heterocycles. The van der Waals surface area contributed by atoms with E-state index in [0.29, 0.717) is 6.61 Å². The van der Waals surface area contributed by atoms with Crippen LogP contribution in [-0.2, 0) is 7.05 Å². The van der Waals surface area contributed by atoms with Crippen molar-refractivity contribution in [2.45, 2.75) is 6.10 Å². The second-order valence-corrected chi connectivity index (χ2v) is 7.20. The average molecular weight is 382 g/mol. The van der Waals surface area contributed by atoms with Crippen LogP contribution in [0.25, 0.3) is 33.2 Å². The molecule has 2 aromatic carbocycles. The quantitative estimate of drug-likeness (QED) is 0.483. The van der Waals surface area contributed by atoms with E-state index in [1.54, 1.807) is 0 Å². The van der Waals surface area contributed by atoms with Crippen molar-refractivity contribution in [2.75, 3.05) is 6.61 Å². The molecule has 3 aromatic heterocycles. The maximum Gasteiger partial charge on any atom is 0.190 e. The highest BCUT2D eigenvalue weighted by molar-refractivity contribution is 5.95. The number of H-pyrrole nitrogens is 1. The standard InChI is InChI=1S/C23H18N4O2/c1-27-18-12-14(15-8-10-24-22-16(15)9-11-25-22)6-7-17(18)26-23(27)21-13-28-19-4-2-3-5-20(19)29-21/h2-12,21H,13H2,1H3,(H,24,25)/t21-/m0/s1. The summed E-state index contributed by atoms with van der Waals surface area (Å²) in [6.45, 7) is 0.440. The first-order valence-corrected chi connectivity index (χ1v) is 9.55. The van der Waals surface area contributed by atoms with E-state index in [1.807, 2.05) is 49.8 Å². The lowest BCUT2D eigenvalue weighted by Crippen LogP contribution is -2.24. The number of benzene rings is 2. The van der Waals surface area contributed by atoms with E-state index in [2.05, 4.69) is 38.8 Å². The Morgan fingerprint density at radius 1 is 1.07 bits per heavy atom. The molecule has 0 unspecified atom stereocenters. The molecule has 1 atom stereocenters. The smallest absolute Gasteiger partial charge is 0.190 e. The van der Waals surface area contributed by atoms with Crippen molar-refractivity contribution in [1.82, 2.24) is 19.5 Å². The van der Waals surface area contributed by atoms with Gasteiger partial charge >= 0.3 is 0 Å². The van der Waals surface area contributed by atoms with Gasteiger partial charge in [0, 0.05) is 24.8 Å². The molecule has 0 radical (unpaired) electrons. The third kappa shape index (κ3) is 2.49. The van der Waals surface area contributed by atoms with Gasteiger partial charge in [-0.25, -0.2) is 9.97 Å². The molecule has 142 valence electrons. The lowest BCUT2D eigenvalue weighted by Gasteiger charge is -2.25. The van der Waals surface area contributed by atoms with Crippen LogP contribution in [0.4, 0.5) is 0 Å². The summed E-state index contributed by atoms with van der Waals surface area (Å²) in [5, 5.41) is 1.11. The van der Waals surface area contributed by atoms with Crippen LogP contribution >= 0.6 is 0 Å². The molecular formula is C23H18N4O2. The number of aromatic nitrogens is 4. The topological polar surface area (TPSA) is 65.0 Å². The fourth-order valence-electron chi connectivity index (χ4n) is 4.02. The van der Waals surface area contributed by atoms with Gasteiger partial charge in [0.25, 0.3) is 0 Å². The van der Waals surface area contributed by atoms with E-state index in [4.69, 9.17) is 14.5 Å². The van der Waals surface area contributed by atoms with Crippen molar-refractivity contribution in [3.63, 3.8) is 0 Å². The molecule has 1 N–H and O–H groups in total. The van der Waals surface area contributed by atoms with Crippen LogP contribution in [0.3, 0.4) is 0 Å². The van der Waals surface area contributed by atoms with Crippen molar-refractivity contribution >= 4 is 22.1 Å². The van der Waals surface area contributed by atoms with Gasteiger partial charge in [-0.1, -0.05) is 18.2 Å². The zero-order valence-electron chi connectivity index (χ0n) is 15.8. The van der Waals surface area contributed by atoms with Gasteiger partial charge in [0.05, 0.1) is 11.0 Å². The maximum atomic E-state index is 6.17. The molecule has 0 bridgehead atoms. The van der Waals surface area contributed by atoms with E-state index in [-0.39, 0.29) is 6.10 Å². The van der Waals surface area contributed by atoms with E-state index in [9.17, 15) is 0 Å². The van der Waals surface area contributed by atoms with E-state index < -0.39 is 0 Å². The van der Waals surface area contributed by atoms with Crippen molar-refractivity contribution in [3.05, 3.63) is 72.8 Å². The third-order valence-electron chi connectivity index (χ3n) is 5.48. The fraction of sp³-hybridized carbons (Fsp3) is 0.130. The Hall–Kier alpha value is -3.80. The predicted octanol–water partition coefficient (Wildman–Crippen LogP) is 4.63. The van der Waals surface area contributed by atoms with Crippen molar-refractivity contribution in [1.29, 1.82) is 0 Å². The molecular weight excluding hydrogens is 364 g/mol. The number of aryl methyl sites for hydroxylation is 1. The summed E-state index contributed by atoms with van der Waals surface area (Å²) in [6.07, 6.45) is 3.50. The Morgan fingerprint density at radius 2 is 1.97 bits per heavy atom. The number of ether oxygens (including phenoxy) is 2. The molecule has 0 fully saturated rings. The van der Waals surface area contributed by atoms with Crippen LogP contribution in [0, 0.1) is 0 Å². The van der Waals surface area contributed by atoms with Gasteiger partial charge in [0.1, 0.15) is 12.3 Å². The maximum absolute atomic E-state index is 6.17. The summed E-state index contributed by atoms with van der Waals surface area (Å²) in [6, 6.07) is 18.2. The summed E-state index contributed by atoms with van der Waals surface area (Å²) < 4.78 is 14.1. The Labute approximate surface area is 166 Å². The highest BCUT2D eigenvalue weighted by atomic mass is 16.6. The van der Waals surface area contributed by atoms with Gasteiger partial charge in [0.15, 0.2) is 23.4 Å². The molecule has 0 aliphatic carbocycles. The minimum Gasteiger partial charge on any atom is -0.485 e. The van der Waals surface area contributed by atoms with Gasteiger partial charge in [-0.3, -0.25) is 0 Å². The number of imidazole rings is 1. The fourth-order valence-corrected chi connectivity index (χ4v) is 4.02. The number of hydrogen-bond acceptors (Lipinski definition) is 4. The molecule has 0 saturated heterocycles. The summed E-state index contributed by atoms with van der Waals surface area (Å²) in [5.74, 6) is 2.38. The monoisotopic (exact) mass is 382 g/mol. The second-order valence-electron chi connectivity index (χ2n) is 7.20. The molecule has 29 heavy (non-hydrogen) atoms. The molecule has 1 aliphatic rings. The molecule has 6 rings (SSSR count). The summed E-state index contributed by atoms with van der Waals surface area (Å²) in [7, 11) is 2.02. The summed E-state index contributed by atoms with van der Waals surface area (Å²) in [5.41, 5.74) is 5.16.